The maximum atomic E-state index is 15.0. The third kappa shape index (κ3) is 3.11. The number of nitrogens with two attached hydrogens (primary N) is 1. The van der Waals surface area contributed by atoms with Crippen LogP contribution in [0.4, 0.5) is 0 Å². The van der Waals surface area contributed by atoms with Gasteiger partial charge in [-0.3, -0.25) is 9.59 Å². The van der Waals surface area contributed by atoms with Crippen molar-refractivity contribution in [3.63, 3.8) is 0 Å². The molecular formula is C37H43NO5. The summed E-state index contributed by atoms with van der Waals surface area (Å²) in [5.74, 6) is 0.0170. The number of aryl methyl sites for hydroxylation is 1. The highest BCUT2D eigenvalue weighted by Gasteiger charge is 2.92. The van der Waals surface area contributed by atoms with Gasteiger partial charge in [0.2, 0.25) is 0 Å². The zero-order valence-corrected chi connectivity index (χ0v) is 25.2. The third-order valence-electron chi connectivity index (χ3n) is 13.0. The van der Waals surface area contributed by atoms with Crippen molar-refractivity contribution in [1.82, 2.24) is 0 Å². The van der Waals surface area contributed by atoms with Gasteiger partial charge in [0.1, 0.15) is 5.41 Å². The van der Waals surface area contributed by atoms with Crippen molar-refractivity contribution < 1.29 is 23.9 Å². The van der Waals surface area contributed by atoms with Crippen molar-refractivity contribution in [3.05, 3.63) is 71.3 Å². The molecule has 1 saturated heterocycles. The molecule has 7 aliphatic rings. The van der Waals surface area contributed by atoms with Gasteiger partial charge in [-0.2, -0.15) is 0 Å². The van der Waals surface area contributed by atoms with E-state index in [4.69, 9.17) is 15.2 Å². The Balaban J connectivity index is 1.25. The zero-order valence-electron chi connectivity index (χ0n) is 25.2. The maximum absolute atomic E-state index is 15.0. The number of Topliss-reactive ketones (excluding diaryl/α,β-unsaturated/α-hetero) is 1. The Hall–Kier alpha value is -2.99. The molecule has 0 bridgehead atoms. The molecule has 3 saturated carbocycles. The van der Waals surface area contributed by atoms with E-state index in [1.807, 2.05) is 24.3 Å². The number of ether oxygens (including phenoxy) is 2. The van der Waals surface area contributed by atoms with Crippen molar-refractivity contribution >= 4 is 17.7 Å². The molecule has 2 heterocycles. The summed E-state index contributed by atoms with van der Waals surface area (Å²) in [5.41, 5.74) is 5.31. The van der Waals surface area contributed by atoms with E-state index < -0.39 is 22.5 Å². The minimum atomic E-state index is -1.07. The number of ketones is 1. The van der Waals surface area contributed by atoms with E-state index in [1.54, 1.807) is 0 Å². The summed E-state index contributed by atoms with van der Waals surface area (Å²) in [4.78, 5) is 43.1. The van der Waals surface area contributed by atoms with Gasteiger partial charge < -0.3 is 15.2 Å². The van der Waals surface area contributed by atoms with Gasteiger partial charge in [0.15, 0.2) is 17.5 Å². The average Bonchev–Trinajstić information content (AvgIpc) is 3.65. The number of hydrogen-bond acceptors (Lipinski definition) is 6. The van der Waals surface area contributed by atoms with E-state index in [9.17, 15) is 14.4 Å². The molecule has 4 fully saturated rings. The Morgan fingerprint density at radius 2 is 1.95 bits per heavy atom. The number of allylic oxidation sites excluding steroid dienone is 5. The first kappa shape index (κ1) is 27.6. The molecule has 0 aromatic heterocycles. The fraction of sp³-hybridized carbons (Fsp3) is 0.595. The van der Waals surface area contributed by atoms with E-state index in [-0.39, 0.29) is 35.0 Å². The highest BCUT2D eigenvalue weighted by Crippen LogP contribution is 2.83. The first-order valence-electron chi connectivity index (χ1n) is 16.8. The quantitative estimate of drug-likeness (QED) is 0.308. The Morgan fingerprint density at radius 3 is 2.79 bits per heavy atom. The lowest BCUT2D eigenvalue weighted by molar-refractivity contribution is -0.292. The van der Waals surface area contributed by atoms with Gasteiger partial charge in [0, 0.05) is 17.4 Å². The molecule has 2 aliphatic heterocycles. The average molecular weight is 582 g/mol. The Morgan fingerprint density at radius 1 is 1.09 bits per heavy atom. The molecule has 8 rings (SSSR count). The summed E-state index contributed by atoms with van der Waals surface area (Å²) in [6, 6.07) is 6.02. The van der Waals surface area contributed by atoms with Gasteiger partial charge >= 0.3 is 11.9 Å². The SMILES string of the molecule is CCCC1C23C=CCCC2(C(C(=O)C2CCC4CCC5C=CC=CC54C2)OC3=O)C12OC(=O)c1c(CCCN)cccc12. The largest absolute Gasteiger partial charge is 0.453 e. The van der Waals surface area contributed by atoms with Gasteiger partial charge in [0.25, 0.3) is 0 Å². The summed E-state index contributed by atoms with van der Waals surface area (Å²) >= 11 is 0. The molecule has 226 valence electrons. The van der Waals surface area contributed by atoms with Crippen LogP contribution >= 0.6 is 0 Å². The normalized spacial score (nSPS) is 42.9. The summed E-state index contributed by atoms with van der Waals surface area (Å²) in [7, 11) is 0. The van der Waals surface area contributed by atoms with Gasteiger partial charge in [0.05, 0.1) is 11.0 Å². The number of carbonyl (C=O) groups excluding carboxylic acids is 3. The van der Waals surface area contributed by atoms with Crippen LogP contribution in [0.3, 0.4) is 0 Å². The molecule has 43 heavy (non-hydrogen) atoms. The molecule has 0 amide bonds. The van der Waals surface area contributed by atoms with E-state index >= 15 is 0 Å². The van der Waals surface area contributed by atoms with Gasteiger partial charge in [-0.15, -0.1) is 0 Å². The second-order valence-electron chi connectivity index (χ2n) is 14.4. The molecule has 0 radical (unpaired) electrons. The number of carbonyl (C=O) groups is 3. The number of benzene rings is 1. The number of esters is 2. The molecule has 6 nitrogen and oxygen atoms in total. The van der Waals surface area contributed by atoms with Crippen LogP contribution in [-0.4, -0.2) is 30.4 Å². The Kier molecular flexibility index (Phi) is 6.09. The second kappa shape index (κ2) is 9.50. The van der Waals surface area contributed by atoms with Crippen LogP contribution in [0.25, 0.3) is 0 Å². The van der Waals surface area contributed by atoms with Crippen molar-refractivity contribution in [2.24, 2.45) is 45.7 Å². The second-order valence-corrected chi connectivity index (χ2v) is 14.4. The Bertz CT molecular complexity index is 1490. The molecule has 6 heteroatoms. The molecule has 1 aromatic rings. The molecule has 2 spiro atoms. The number of fused-ring (bicyclic) bond motifs is 2. The monoisotopic (exact) mass is 581 g/mol. The number of rotatable bonds is 7. The summed E-state index contributed by atoms with van der Waals surface area (Å²) in [6.07, 6.45) is 21.6. The van der Waals surface area contributed by atoms with E-state index in [1.165, 1.54) is 12.8 Å². The summed E-state index contributed by atoms with van der Waals surface area (Å²) in [6.45, 7) is 2.64. The smallest absolute Gasteiger partial charge is 0.339 e. The fourth-order valence-corrected chi connectivity index (χ4v) is 11.5. The maximum Gasteiger partial charge on any atom is 0.339 e. The van der Waals surface area contributed by atoms with Gasteiger partial charge in [-0.05, 0) is 93.6 Å². The molecule has 2 N–H and O–H groups in total. The van der Waals surface area contributed by atoms with Crippen molar-refractivity contribution in [3.8, 4) is 0 Å². The highest BCUT2D eigenvalue weighted by molar-refractivity contribution is 6.02. The lowest BCUT2D eigenvalue weighted by Crippen LogP contribution is -2.78. The van der Waals surface area contributed by atoms with Crippen LogP contribution in [0.15, 0.2) is 54.7 Å². The molecule has 1 aromatic carbocycles. The highest BCUT2D eigenvalue weighted by atomic mass is 16.6. The third-order valence-corrected chi connectivity index (χ3v) is 13.0. The minimum absolute atomic E-state index is 0.0174. The van der Waals surface area contributed by atoms with Crippen molar-refractivity contribution in [2.75, 3.05) is 6.54 Å². The van der Waals surface area contributed by atoms with Gasteiger partial charge in [-0.1, -0.05) is 68.0 Å². The lowest BCUT2D eigenvalue weighted by Gasteiger charge is -2.69. The van der Waals surface area contributed by atoms with E-state index in [0.29, 0.717) is 43.2 Å². The van der Waals surface area contributed by atoms with Crippen LogP contribution in [0.5, 0.6) is 0 Å². The molecule has 9 unspecified atom stereocenters. The fourth-order valence-electron chi connectivity index (χ4n) is 11.5. The first-order valence-corrected chi connectivity index (χ1v) is 16.8. The zero-order chi connectivity index (χ0) is 29.6. The van der Waals surface area contributed by atoms with E-state index in [2.05, 4.69) is 37.3 Å². The van der Waals surface area contributed by atoms with Crippen molar-refractivity contribution in [2.45, 2.75) is 89.3 Å². The number of cyclic esters (lactones) is 1. The topological polar surface area (TPSA) is 95.7 Å². The van der Waals surface area contributed by atoms with Crippen LogP contribution in [0.1, 0.15) is 92.6 Å². The Labute approximate surface area is 254 Å². The number of hydrogen-bond donors (Lipinski definition) is 1. The molecular weight excluding hydrogens is 538 g/mol. The molecule has 9 atom stereocenters. The van der Waals surface area contributed by atoms with Gasteiger partial charge in [-0.25, -0.2) is 4.79 Å². The lowest BCUT2D eigenvalue weighted by atomic mass is 9.31. The summed E-state index contributed by atoms with van der Waals surface area (Å²) < 4.78 is 13.0. The van der Waals surface area contributed by atoms with Crippen LogP contribution in [0.2, 0.25) is 0 Å². The first-order chi connectivity index (χ1) is 20.9. The molecule has 5 aliphatic carbocycles. The predicted octanol–water partition coefficient (Wildman–Crippen LogP) is 6.13. The van der Waals surface area contributed by atoms with Crippen LogP contribution in [0, 0.1) is 39.9 Å². The minimum Gasteiger partial charge on any atom is -0.453 e. The van der Waals surface area contributed by atoms with E-state index in [0.717, 1.165) is 49.7 Å². The van der Waals surface area contributed by atoms with Crippen LogP contribution < -0.4 is 5.73 Å². The standard InChI is InChI=1S/C37H43NO5/c1-2-9-28-35-19-5-6-20-36(35,37(28)27-13-7-10-23(11-8-21-38)29(27)32(40)43-37)31(42-33(35)41)30(39)24-14-15-26-17-16-25-12-3-4-18-34(25,26)22-24/h3-5,7,10,12-13,18-19,24-26,28,31H,2,6,8-9,11,14-17,20-22,38H2,1H3. The van der Waals surface area contributed by atoms with Crippen molar-refractivity contribution in [1.29, 1.82) is 0 Å². The van der Waals surface area contributed by atoms with Crippen LogP contribution in [-0.2, 0) is 31.1 Å². The summed E-state index contributed by atoms with van der Waals surface area (Å²) in [5, 5.41) is 0. The predicted molar refractivity (Wildman–Crippen MR) is 162 cm³/mol.